The Morgan fingerprint density at radius 2 is 1.50 bits per heavy atom. The van der Waals surface area contributed by atoms with Crippen molar-refractivity contribution in [2.24, 2.45) is 0 Å². The van der Waals surface area contributed by atoms with Crippen molar-refractivity contribution in [2.75, 3.05) is 16.8 Å². The van der Waals surface area contributed by atoms with E-state index >= 15 is 0 Å². The molecule has 6 heteroatoms. The van der Waals surface area contributed by atoms with Crippen LogP contribution < -0.4 is 10.2 Å². The van der Waals surface area contributed by atoms with Crippen LogP contribution in [-0.2, 0) is 4.79 Å². The lowest BCUT2D eigenvalue weighted by molar-refractivity contribution is -0.114. The number of rotatable bonds is 5. The molecule has 0 aliphatic carbocycles. The summed E-state index contributed by atoms with van der Waals surface area (Å²) in [5.74, 6) is -0.409. The van der Waals surface area contributed by atoms with E-state index in [-0.39, 0.29) is 6.54 Å². The first-order valence-corrected chi connectivity index (χ1v) is 7.99. The van der Waals surface area contributed by atoms with Crippen LogP contribution in [-0.4, -0.2) is 28.6 Å². The number of aromatic nitrogens is 1. The summed E-state index contributed by atoms with van der Waals surface area (Å²) >= 11 is 0. The molecule has 0 aliphatic rings. The zero-order valence-electron chi connectivity index (χ0n) is 13.9. The predicted octanol–water partition coefficient (Wildman–Crippen LogP) is 3.87. The van der Waals surface area contributed by atoms with E-state index in [0.29, 0.717) is 11.4 Å². The van der Waals surface area contributed by atoms with Gasteiger partial charge >= 0.3 is 6.09 Å². The van der Waals surface area contributed by atoms with E-state index < -0.39 is 12.0 Å². The van der Waals surface area contributed by atoms with Crippen LogP contribution in [0.1, 0.15) is 0 Å². The minimum Gasteiger partial charge on any atom is -0.465 e. The Balaban J connectivity index is 1.67. The van der Waals surface area contributed by atoms with Crippen molar-refractivity contribution in [2.45, 2.75) is 0 Å². The third-order valence-corrected chi connectivity index (χ3v) is 3.78. The van der Waals surface area contributed by atoms with Gasteiger partial charge in [-0.2, -0.15) is 0 Å². The Morgan fingerprint density at radius 1 is 0.885 bits per heavy atom. The van der Waals surface area contributed by atoms with Crippen LogP contribution in [0.15, 0.2) is 79.1 Å². The van der Waals surface area contributed by atoms with Gasteiger partial charge in [0.1, 0.15) is 6.54 Å². The van der Waals surface area contributed by atoms with Gasteiger partial charge in [-0.15, -0.1) is 0 Å². The Kier molecular flexibility index (Phi) is 5.24. The summed E-state index contributed by atoms with van der Waals surface area (Å²) in [6.45, 7) is -0.286. The molecule has 26 heavy (non-hydrogen) atoms. The number of para-hydroxylation sites is 1. The number of hydrogen-bond donors (Lipinski definition) is 2. The van der Waals surface area contributed by atoms with Gasteiger partial charge in [-0.3, -0.25) is 14.7 Å². The molecule has 0 saturated heterocycles. The second-order valence-electron chi connectivity index (χ2n) is 5.57. The van der Waals surface area contributed by atoms with Gasteiger partial charge in [0.05, 0.1) is 0 Å². The van der Waals surface area contributed by atoms with Crippen LogP contribution in [0.3, 0.4) is 0 Å². The van der Waals surface area contributed by atoms with Crippen LogP contribution in [0.2, 0.25) is 0 Å². The highest BCUT2D eigenvalue weighted by molar-refractivity contribution is 5.99. The number of amides is 2. The van der Waals surface area contributed by atoms with E-state index in [0.717, 1.165) is 16.0 Å². The van der Waals surface area contributed by atoms with E-state index in [1.807, 2.05) is 24.3 Å². The Bertz CT molecular complexity index is 881. The van der Waals surface area contributed by atoms with Gasteiger partial charge in [-0.25, -0.2) is 4.79 Å². The lowest BCUT2D eigenvalue weighted by Crippen LogP contribution is -2.37. The molecule has 1 heterocycles. The SMILES string of the molecule is O=C(CN(C(=O)O)c1ccccc1)Nc1ccc(-c2ccncc2)cc1. The molecule has 0 radical (unpaired) electrons. The maximum atomic E-state index is 12.2. The summed E-state index contributed by atoms with van der Waals surface area (Å²) in [6.07, 6.45) is 2.25. The summed E-state index contributed by atoms with van der Waals surface area (Å²) in [6, 6.07) is 19.7. The summed E-state index contributed by atoms with van der Waals surface area (Å²) in [5.41, 5.74) is 3.08. The minimum absolute atomic E-state index is 0.286. The smallest absolute Gasteiger partial charge is 0.412 e. The van der Waals surface area contributed by atoms with E-state index in [4.69, 9.17) is 0 Å². The maximum absolute atomic E-state index is 12.2. The van der Waals surface area contributed by atoms with Crippen molar-refractivity contribution in [3.8, 4) is 11.1 Å². The van der Waals surface area contributed by atoms with Crippen molar-refractivity contribution in [3.05, 3.63) is 79.1 Å². The number of nitrogens with one attached hydrogen (secondary N) is 1. The van der Waals surface area contributed by atoms with Gasteiger partial charge in [-0.05, 0) is 47.5 Å². The second kappa shape index (κ2) is 7.94. The van der Waals surface area contributed by atoms with Crippen molar-refractivity contribution in [3.63, 3.8) is 0 Å². The molecule has 130 valence electrons. The molecule has 0 unspecified atom stereocenters. The van der Waals surface area contributed by atoms with Crippen molar-refractivity contribution >= 4 is 23.4 Å². The van der Waals surface area contributed by atoms with Crippen LogP contribution in [0, 0.1) is 0 Å². The van der Waals surface area contributed by atoms with Gasteiger partial charge < -0.3 is 10.4 Å². The molecule has 0 bridgehead atoms. The fraction of sp³-hybridized carbons (Fsp3) is 0.0500. The minimum atomic E-state index is -1.18. The Labute approximate surface area is 150 Å². The summed E-state index contributed by atoms with van der Waals surface area (Å²) in [4.78, 5) is 28.6. The van der Waals surface area contributed by atoms with Gasteiger partial charge in [-0.1, -0.05) is 30.3 Å². The van der Waals surface area contributed by atoms with E-state index in [2.05, 4.69) is 10.3 Å². The number of carbonyl (C=O) groups excluding carboxylic acids is 1. The lowest BCUT2D eigenvalue weighted by Gasteiger charge is -2.18. The third-order valence-electron chi connectivity index (χ3n) is 3.78. The van der Waals surface area contributed by atoms with Gasteiger partial charge in [0, 0.05) is 23.8 Å². The van der Waals surface area contributed by atoms with Crippen LogP contribution in [0.5, 0.6) is 0 Å². The average Bonchev–Trinajstić information content (AvgIpc) is 2.68. The molecule has 2 N–H and O–H groups in total. The lowest BCUT2D eigenvalue weighted by atomic mass is 10.1. The first-order valence-electron chi connectivity index (χ1n) is 7.99. The Hall–Kier alpha value is -3.67. The van der Waals surface area contributed by atoms with Crippen molar-refractivity contribution < 1.29 is 14.7 Å². The summed E-state index contributed by atoms with van der Waals surface area (Å²) in [5, 5.41) is 12.1. The topological polar surface area (TPSA) is 82.5 Å². The molecule has 1 aromatic heterocycles. The highest BCUT2D eigenvalue weighted by Crippen LogP contribution is 2.20. The van der Waals surface area contributed by atoms with Gasteiger partial charge in [0.2, 0.25) is 5.91 Å². The predicted molar refractivity (Wildman–Crippen MR) is 100 cm³/mol. The van der Waals surface area contributed by atoms with Crippen LogP contribution in [0.4, 0.5) is 16.2 Å². The first kappa shape index (κ1) is 17.2. The summed E-state index contributed by atoms with van der Waals surface area (Å²) < 4.78 is 0. The standard InChI is InChI=1S/C20H17N3O3/c24-19(14-23(20(25)26)18-4-2-1-3-5-18)22-17-8-6-15(7-9-17)16-10-12-21-13-11-16/h1-13H,14H2,(H,22,24)(H,25,26). The fourth-order valence-electron chi connectivity index (χ4n) is 2.51. The number of anilines is 2. The third kappa shape index (κ3) is 4.24. The van der Waals surface area contributed by atoms with Crippen molar-refractivity contribution in [1.82, 2.24) is 4.98 Å². The average molecular weight is 347 g/mol. The fourth-order valence-corrected chi connectivity index (χ4v) is 2.51. The molecule has 0 atom stereocenters. The number of benzene rings is 2. The first-order chi connectivity index (χ1) is 12.6. The molecular formula is C20H17N3O3. The molecule has 2 aromatic carbocycles. The maximum Gasteiger partial charge on any atom is 0.412 e. The quantitative estimate of drug-likeness (QED) is 0.734. The number of carbonyl (C=O) groups is 2. The monoisotopic (exact) mass is 347 g/mol. The molecule has 0 fully saturated rings. The van der Waals surface area contributed by atoms with E-state index in [9.17, 15) is 14.7 Å². The van der Waals surface area contributed by atoms with E-state index in [1.165, 1.54) is 0 Å². The van der Waals surface area contributed by atoms with E-state index in [1.54, 1.807) is 54.9 Å². The molecule has 3 aromatic rings. The van der Waals surface area contributed by atoms with Gasteiger partial charge in [0.25, 0.3) is 0 Å². The number of pyridine rings is 1. The second-order valence-corrected chi connectivity index (χ2v) is 5.57. The van der Waals surface area contributed by atoms with Crippen molar-refractivity contribution in [1.29, 1.82) is 0 Å². The molecule has 6 nitrogen and oxygen atoms in total. The molecule has 0 saturated carbocycles. The van der Waals surface area contributed by atoms with Gasteiger partial charge in [0.15, 0.2) is 0 Å². The van der Waals surface area contributed by atoms with Crippen LogP contribution in [0.25, 0.3) is 11.1 Å². The Morgan fingerprint density at radius 3 is 2.12 bits per heavy atom. The molecule has 2 amide bonds. The number of carboxylic acid groups (broad SMARTS) is 1. The highest BCUT2D eigenvalue weighted by atomic mass is 16.4. The number of hydrogen-bond acceptors (Lipinski definition) is 3. The highest BCUT2D eigenvalue weighted by Gasteiger charge is 2.18. The molecular weight excluding hydrogens is 330 g/mol. The number of nitrogens with zero attached hydrogens (tertiary/aromatic N) is 2. The zero-order valence-corrected chi connectivity index (χ0v) is 13.9. The van der Waals surface area contributed by atoms with Crippen LogP contribution >= 0.6 is 0 Å². The largest absolute Gasteiger partial charge is 0.465 e. The summed E-state index contributed by atoms with van der Waals surface area (Å²) in [7, 11) is 0. The molecule has 0 aliphatic heterocycles. The normalized spacial score (nSPS) is 10.2. The molecule has 3 rings (SSSR count). The molecule has 0 spiro atoms. The zero-order chi connectivity index (χ0) is 18.4.